The summed E-state index contributed by atoms with van der Waals surface area (Å²) in [4.78, 5) is 25.0. The number of pyridine rings is 1. The standard InChI is InChI=1S/C22H28N6O2S/c1-14(2)21-27-26-19(30-21)9-10-20(29)28-11-5-6-16(13-28)17-7-4-8-18(24-17)25-22-23-12-15(3)31-22/h4,7-8,12,14,16H,5-6,9-11,13H2,1-3H3,(H,23,24,25). The molecule has 164 valence electrons. The lowest BCUT2D eigenvalue weighted by molar-refractivity contribution is -0.132. The van der Waals surface area contributed by atoms with E-state index in [2.05, 4.69) is 20.5 Å². The Morgan fingerprint density at radius 1 is 1.35 bits per heavy atom. The summed E-state index contributed by atoms with van der Waals surface area (Å²) < 4.78 is 5.62. The Labute approximate surface area is 186 Å². The van der Waals surface area contributed by atoms with Gasteiger partial charge in [-0.15, -0.1) is 21.5 Å². The van der Waals surface area contributed by atoms with Gasteiger partial charge in [-0.2, -0.15) is 0 Å². The van der Waals surface area contributed by atoms with E-state index in [9.17, 15) is 4.79 Å². The van der Waals surface area contributed by atoms with Gasteiger partial charge in [-0.25, -0.2) is 9.97 Å². The molecule has 1 N–H and O–H groups in total. The Bertz CT molecular complexity index is 1030. The van der Waals surface area contributed by atoms with Gasteiger partial charge in [0.05, 0.1) is 0 Å². The number of carbonyl (C=O) groups excluding carboxylic acids is 1. The summed E-state index contributed by atoms with van der Waals surface area (Å²) in [5.41, 5.74) is 1.01. The fourth-order valence-corrected chi connectivity index (χ4v) is 4.36. The molecule has 4 heterocycles. The highest BCUT2D eigenvalue weighted by Crippen LogP contribution is 2.28. The first kappa shape index (κ1) is 21.4. The molecule has 1 unspecified atom stereocenters. The second-order valence-electron chi connectivity index (χ2n) is 8.22. The van der Waals surface area contributed by atoms with Crippen molar-refractivity contribution < 1.29 is 9.21 Å². The average Bonchev–Trinajstić information content (AvgIpc) is 3.41. The number of amides is 1. The Morgan fingerprint density at radius 2 is 2.23 bits per heavy atom. The minimum atomic E-state index is 0.126. The summed E-state index contributed by atoms with van der Waals surface area (Å²) in [6.07, 6.45) is 4.70. The number of carbonyl (C=O) groups is 1. The first-order valence-electron chi connectivity index (χ1n) is 10.7. The minimum Gasteiger partial charge on any atom is -0.425 e. The van der Waals surface area contributed by atoms with Crippen LogP contribution in [0.4, 0.5) is 10.9 Å². The number of aromatic nitrogens is 4. The third-order valence-corrected chi connectivity index (χ3v) is 6.18. The highest BCUT2D eigenvalue weighted by Gasteiger charge is 2.26. The lowest BCUT2D eigenvalue weighted by atomic mass is 9.94. The summed E-state index contributed by atoms with van der Waals surface area (Å²) >= 11 is 1.60. The molecule has 31 heavy (non-hydrogen) atoms. The van der Waals surface area contributed by atoms with Gasteiger partial charge in [-0.05, 0) is 31.9 Å². The third kappa shape index (κ3) is 5.46. The Kier molecular flexibility index (Phi) is 6.60. The number of anilines is 2. The largest absolute Gasteiger partial charge is 0.425 e. The van der Waals surface area contributed by atoms with E-state index in [0.29, 0.717) is 31.2 Å². The van der Waals surface area contributed by atoms with Gasteiger partial charge in [-0.3, -0.25) is 4.79 Å². The molecular weight excluding hydrogens is 412 g/mol. The van der Waals surface area contributed by atoms with Crippen molar-refractivity contribution in [3.8, 4) is 0 Å². The molecule has 3 aromatic rings. The number of aryl methyl sites for hydroxylation is 2. The SMILES string of the molecule is Cc1cnc(Nc2cccc(C3CCCN(C(=O)CCc4nnc(C(C)C)o4)C3)n2)s1. The summed E-state index contributed by atoms with van der Waals surface area (Å²) in [5.74, 6) is 2.48. The Balaban J connectivity index is 1.35. The first-order valence-corrected chi connectivity index (χ1v) is 11.6. The lowest BCUT2D eigenvalue weighted by Crippen LogP contribution is -2.39. The van der Waals surface area contributed by atoms with Crippen LogP contribution >= 0.6 is 11.3 Å². The molecule has 0 radical (unpaired) electrons. The van der Waals surface area contributed by atoms with Gasteiger partial charge in [0.15, 0.2) is 5.13 Å². The van der Waals surface area contributed by atoms with Crippen molar-refractivity contribution in [1.82, 2.24) is 25.1 Å². The van der Waals surface area contributed by atoms with Gasteiger partial charge in [0.1, 0.15) is 5.82 Å². The van der Waals surface area contributed by atoms with Gasteiger partial charge in [0.25, 0.3) is 0 Å². The quantitative estimate of drug-likeness (QED) is 0.580. The molecule has 0 saturated carbocycles. The normalized spacial score (nSPS) is 16.6. The van der Waals surface area contributed by atoms with Gasteiger partial charge in [-0.1, -0.05) is 19.9 Å². The third-order valence-electron chi connectivity index (χ3n) is 5.35. The van der Waals surface area contributed by atoms with Crippen LogP contribution in [0.1, 0.15) is 67.3 Å². The van der Waals surface area contributed by atoms with Crippen LogP contribution in [0.25, 0.3) is 0 Å². The molecule has 1 amide bonds. The number of nitrogens with one attached hydrogen (secondary N) is 1. The monoisotopic (exact) mass is 440 g/mol. The fourth-order valence-electron chi connectivity index (χ4n) is 3.69. The highest BCUT2D eigenvalue weighted by atomic mass is 32.1. The van der Waals surface area contributed by atoms with Gasteiger partial charge < -0.3 is 14.6 Å². The number of hydrogen-bond acceptors (Lipinski definition) is 8. The van der Waals surface area contributed by atoms with Crippen molar-refractivity contribution in [2.45, 2.75) is 58.3 Å². The Hall–Kier alpha value is -2.81. The molecule has 0 spiro atoms. The molecule has 3 aromatic heterocycles. The van der Waals surface area contributed by atoms with Gasteiger partial charge in [0, 0.05) is 54.5 Å². The zero-order valence-corrected chi connectivity index (χ0v) is 19.0. The second-order valence-corrected chi connectivity index (χ2v) is 9.45. The van der Waals surface area contributed by atoms with Crippen molar-refractivity contribution in [2.24, 2.45) is 0 Å². The molecule has 1 aliphatic heterocycles. The number of likely N-dealkylation sites (tertiary alicyclic amines) is 1. The maximum absolute atomic E-state index is 12.8. The van der Waals surface area contributed by atoms with Crippen LogP contribution < -0.4 is 5.32 Å². The van der Waals surface area contributed by atoms with E-state index in [-0.39, 0.29) is 17.7 Å². The topological polar surface area (TPSA) is 97.0 Å². The summed E-state index contributed by atoms with van der Waals surface area (Å²) in [6.45, 7) is 7.52. The lowest BCUT2D eigenvalue weighted by Gasteiger charge is -2.32. The molecule has 0 aromatic carbocycles. The number of rotatable bonds is 7. The van der Waals surface area contributed by atoms with E-state index < -0.39 is 0 Å². The van der Waals surface area contributed by atoms with Crippen molar-refractivity contribution in [3.63, 3.8) is 0 Å². The highest BCUT2D eigenvalue weighted by molar-refractivity contribution is 7.15. The van der Waals surface area contributed by atoms with E-state index in [1.165, 1.54) is 0 Å². The van der Waals surface area contributed by atoms with E-state index >= 15 is 0 Å². The van der Waals surface area contributed by atoms with E-state index in [1.807, 2.05) is 50.1 Å². The van der Waals surface area contributed by atoms with Crippen LogP contribution in [0.3, 0.4) is 0 Å². The zero-order chi connectivity index (χ0) is 21.8. The summed E-state index contributed by atoms with van der Waals surface area (Å²) in [7, 11) is 0. The van der Waals surface area contributed by atoms with Crippen LogP contribution in [0.5, 0.6) is 0 Å². The van der Waals surface area contributed by atoms with Gasteiger partial charge >= 0.3 is 0 Å². The molecule has 1 fully saturated rings. The number of hydrogen-bond donors (Lipinski definition) is 1. The van der Waals surface area contributed by atoms with Crippen molar-refractivity contribution >= 4 is 28.2 Å². The molecule has 9 heteroatoms. The average molecular weight is 441 g/mol. The van der Waals surface area contributed by atoms with Crippen LogP contribution in [0.2, 0.25) is 0 Å². The summed E-state index contributed by atoms with van der Waals surface area (Å²) in [5, 5.41) is 12.2. The number of piperidine rings is 1. The Morgan fingerprint density at radius 3 is 2.97 bits per heavy atom. The predicted molar refractivity (Wildman–Crippen MR) is 120 cm³/mol. The molecule has 0 aliphatic carbocycles. The minimum absolute atomic E-state index is 0.126. The predicted octanol–water partition coefficient (Wildman–Crippen LogP) is 4.44. The van der Waals surface area contributed by atoms with Crippen LogP contribution in [0.15, 0.2) is 28.8 Å². The van der Waals surface area contributed by atoms with Crippen LogP contribution in [-0.4, -0.2) is 44.1 Å². The van der Waals surface area contributed by atoms with E-state index in [4.69, 9.17) is 9.40 Å². The van der Waals surface area contributed by atoms with Crippen molar-refractivity contribution in [1.29, 1.82) is 0 Å². The molecule has 4 rings (SSSR count). The van der Waals surface area contributed by atoms with Gasteiger partial charge in [0.2, 0.25) is 17.7 Å². The maximum Gasteiger partial charge on any atom is 0.223 e. The van der Waals surface area contributed by atoms with Crippen LogP contribution in [0, 0.1) is 6.92 Å². The van der Waals surface area contributed by atoms with E-state index in [0.717, 1.165) is 40.9 Å². The molecular formula is C22H28N6O2S. The van der Waals surface area contributed by atoms with E-state index in [1.54, 1.807) is 11.3 Å². The van der Waals surface area contributed by atoms with Crippen molar-refractivity contribution in [3.05, 3.63) is 46.7 Å². The first-order chi connectivity index (χ1) is 15.0. The molecule has 1 saturated heterocycles. The molecule has 1 atom stereocenters. The van der Waals surface area contributed by atoms with Crippen molar-refractivity contribution in [2.75, 3.05) is 18.4 Å². The zero-order valence-electron chi connectivity index (χ0n) is 18.2. The second kappa shape index (κ2) is 9.55. The molecule has 8 nitrogen and oxygen atoms in total. The smallest absolute Gasteiger partial charge is 0.223 e. The molecule has 0 bridgehead atoms. The number of nitrogens with zero attached hydrogens (tertiary/aromatic N) is 5. The number of thiazole rings is 1. The summed E-state index contributed by atoms with van der Waals surface area (Å²) in [6, 6.07) is 6.00. The fraction of sp³-hybridized carbons (Fsp3) is 0.500. The molecule has 1 aliphatic rings. The maximum atomic E-state index is 12.8. The van der Waals surface area contributed by atoms with Crippen LogP contribution in [-0.2, 0) is 11.2 Å².